The van der Waals surface area contributed by atoms with Crippen molar-refractivity contribution < 1.29 is 34.4 Å². The van der Waals surface area contributed by atoms with Gasteiger partial charge in [0.2, 0.25) is 0 Å². The van der Waals surface area contributed by atoms with Crippen LogP contribution >= 0.6 is 0 Å². The highest BCUT2D eigenvalue weighted by Crippen LogP contribution is 2.29. The lowest BCUT2D eigenvalue weighted by Gasteiger charge is -2.31. The number of carboxylic acid groups (broad SMARTS) is 2. The van der Waals surface area contributed by atoms with Gasteiger partial charge in [-0.1, -0.05) is 104 Å². The molecule has 0 aliphatic heterocycles. The lowest BCUT2D eigenvalue weighted by Crippen LogP contribution is -2.44. The molecule has 3 N–H and O–H groups in total. The van der Waals surface area contributed by atoms with Crippen molar-refractivity contribution in [2.45, 2.75) is 160 Å². The van der Waals surface area contributed by atoms with Crippen molar-refractivity contribution in [2.24, 2.45) is 0 Å². The SMILES string of the molecule is CCCCCCCCCCC(C)(CCCCCCCCCC)OC(=O)CC(O)(CC(=O)O)C(=O)O. The molecule has 0 rings (SSSR count). The Morgan fingerprint density at radius 2 is 1.00 bits per heavy atom. The standard InChI is InChI=1S/C28H52O7/c1-4-6-8-10-12-14-16-18-20-27(3,21-19-17-15-13-11-9-7-5-2)35-25(31)23-28(34,26(32)33)22-24(29)30/h34H,4-23H2,1-3H3,(H,29,30)(H,32,33). The maximum absolute atomic E-state index is 12.6. The van der Waals surface area contributed by atoms with Gasteiger partial charge in [0.25, 0.3) is 0 Å². The first-order valence-corrected chi connectivity index (χ1v) is 14.0. The van der Waals surface area contributed by atoms with Crippen molar-refractivity contribution in [3.63, 3.8) is 0 Å². The van der Waals surface area contributed by atoms with Crippen LogP contribution in [-0.2, 0) is 19.1 Å². The quantitative estimate of drug-likeness (QED) is 0.0960. The summed E-state index contributed by atoms with van der Waals surface area (Å²) in [5, 5.41) is 28.4. The molecular weight excluding hydrogens is 448 g/mol. The highest BCUT2D eigenvalue weighted by atomic mass is 16.6. The molecule has 7 nitrogen and oxygen atoms in total. The number of aliphatic carboxylic acids is 2. The molecule has 0 spiro atoms. The summed E-state index contributed by atoms with van der Waals surface area (Å²) in [6, 6.07) is 0. The molecule has 0 aromatic rings. The van der Waals surface area contributed by atoms with Gasteiger partial charge in [-0.05, 0) is 32.6 Å². The fraction of sp³-hybridized carbons (Fsp3) is 0.893. The number of esters is 1. The second kappa shape index (κ2) is 19.5. The maximum Gasteiger partial charge on any atom is 0.336 e. The second-order valence-electron chi connectivity index (χ2n) is 10.5. The predicted octanol–water partition coefficient (Wildman–Crippen LogP) is 7.03. The van der Waals surface area contributed by atoms with E-state index in [0.29, 0.717) is 12.8 Å². The third-order valence-corrected chi connectivity index (χ3v) is 6.76. The minimum Gasteiger partial charge on any atom is -0.481 e. The third-order valence-electron chi connectivity index (χ3n) is 6.76. The minimum atomic E-state index is -2.67. The van der Waals surface area contributed by atoms with Gasteiger partial charge >= 0.3 is 17.9 Å². The summed E-state index contributed by atoms with van der Waals surface area (Å²) >= 11 is 0. The number of hydrogen-bond acceptors (Lipinski definition) is 5. The highest BCUT2D eigenvalue weighted by Gasteiger charge is 2.42. The third kappa shape index (κ3) is 17.4. The van der Waals surface area contributed by atoms with Crippen molar-refractivity contribution in [2.75, 3.05) is 0 Å². The molecule has 0 saturated heterocycles. The largest absolute Gasteiger partial charge is 0.481 e. The average Bonchev–Trinajstić information content (AvgIpc) is 2.76. The van der Waals surface area contributed by atoms with Gasteiger partial charge in [0.05, 0.1) is 12.8 Å². The zero-order valence-electron chi connectivity index (χ0n) is 22.6. The van der Waals surface area contributed by atoms with Crippen molar-refractivity contribution >= 4 is 17.9 Å². The van der Waals surface area contributed by atoms with Gasteiger partial charge in [-0.2, -0.15) is 0 Å². The van der Waals surface area contributed by atoms with E-state index < -0.39 is 42.0 Å². The van der Waals surface area contributed by atoms with Crippen LogP contribution in [0, 0.1) is 0 Å². The fourth-order valence-electron chi connectivity index (χ4n) is 4.51. The van der Waals surface area contributed by atoms with Gasteiger partial charge in [0.15, 0.2) is 5.60 Å². The maximum atomic E-state index is 12.6. The van der Waals surface area contributed by atoms with Crippen molar-refractivity contribution in [1.29, 1.82) is 0 Å². The fourth-order valence-corrected chi connectivity index (χ4v) is 4.51. The van der Waals surface area contributed by atoms with Gasteiger partial charge in [0.1, 0.15) is 5.60 Å². The lowest BCUT2D eigenvalue weighted by atomic mass is 9.90. The molecule has 206 valence electrons. The molecule has 0 aromatic carbocycles. The molecule has 0 aliphatic rings. The Morgan fingerprint density at radius 1 is 0.629 bits per heavy atom. The molecule has 7 heteroatoms. The summed E-state index contributed by atoms with van der Waals surface area (Å²) < 4.78 is 5.73. The van der Waals surface area contributed by atoms with E-state index in [9.17, 15) is 24.6 Å². The molecule has 0 heterocycles. The Hall–Kier alpha value is -1.63. The van der Waals surface area contributed by atoms with Crippen LogP contribution in [0.3, 0.4) is 0 Å². The summed E-state index contributed by atoms with van der Waals surface area (Å²) in [6.07, 6.45) is 18.1. The Kier molecular flexibility index (Phi) is 18.6. The number of carbonyl (C=O) groups excluding carboxylic acids is 1. The molecule has 0 aromatic heterocycles. The van der Waals surface area contributed by atoms with E-state index in [1.807, 2.05) is 6.92 Å². The lowest BCUT2D eigenvalue weighted by molar-refractivity contribution is -0.178. The van der Waals surface area contributed by atoms with Gasteiger partial charge < -0.3 is 20.1 Å². The first-order chi connectivity index (χ1) is 16.6. The van der Waals surface area contributed by atoms with Gasteiger partial charge in [0, 0.05) is 0 Å². The number of aliphatic hydroxyl groups is 1. The number of ether oxygens (including phenoxy) is 1. The molecular formula is C28H52O7. The van der Waals surface area contributed by atoms with Crippen molar-refractivity contribution in [1.82, 2.24) is 0 Å². The highest BCUT2D eigenvalue weighted by molar-refractivity contribution is 5.88. The molecule has 0 saturated carbocycles. The van der Waals surface area contributed by atoms with Crippen LogP contribution in [0.2, 0.25) is 0 Å². The normalized spacial score (nSPS) is 13.4. The molecule has 0 bridgehead atoms. The Bertz CT molecular complexity index is 570. The van der Waals surface area contributed by atoms with Crippen LogP contribution in [0.4, 0.5) is 0 Å². The second-order valence-corrected chi connectivity index (χ2v) is 10.5. The van der Waals surface area contributed by atoms with Crippen LogP contribution in [0.5, 0.6) is 0 Å². The summed E-state index contributed by atoms with van der Waals surface area (Å²) in [5.74, 6) is -4.08. The number of hydrogen-bond donors (Lipinski definition) is 3. The van der Waals surface area contributed by atoms with Crippen LogP contribution in [-0.4, -0.2) is 44.4 Å². The van der Waals surface area contributed by atoms with Crippen molar-refractivity contribution in [3.05, 3.63) is 0 Å². The zero-order valence-corrected chi connectivity index (χ0v) is 22.6. The molecule has 0 fully saturated rings. The van der Waals surface area contributed by atoms with E-state index in [1.54, 1.807) is 0 Å². The summed E-state index contributed by atoms with van der Waals surface area (Å²) in [5.41, 5.74) is -3.41. The smallest absolute Gasteiger partial charge is 0.336 e. The van der Waals surface area contributed by atoms with Crippen LogP contribution in [0.25, 0.3) is 0 Å². The summed E-state index contributed by atoms with van der Waals surface area (Å²) in [6.45, 7) is 6.28. The van der Waals surface area contributed by atoms with E-state index in [1.165, 1.54) is 64.2 Å². The predicted molar refractivity (Wildman–Crippen MR) is 138 cm³/mol. The first kappa shape index (κ1) is 33.4. The monoisotopic (exact) mass is 500 g/mol. The van der Waals surface area contributed by atoms with E-state index in [4.69, 9.17) is 9.84 Å². The van der Waals surface area contributed by atoms with Gasteiger partial charge in [-0.15, -0.1) is 0 Å². The first-order valence-electron chi connectivity index (χ1n) is 14.0. The zero-order chi connectivity index (χ0) is 26.6. The molecule has 1 unspecified atom stereocenters. The molecule has 0 radical (unpaired) electrons. The minimum absolute atomic E-state index is 0.675. The average molecular weight is 501 g/mol. The van der Waals surface area contributed by atoms with Gasteiger partial charge in [-0.3, -0.25) is 9.59 Å². The number of carboxylic acids is 2. The molecule has 0 amide bonds. The van der Waals surface area contributed by atoms with Crippen LogP contribution in [0.1, 0.15) is 149 Å². The van der Waals surface area contributed by atoms with E-state index in [-0.39, 0.29) is 0 Å². The molecule has 35 heavy (non-hydrogen) atoms. The Labute approximate surface area is 213 Å². The number of rotatable bonds is 24. The van der Waals surface area contributed by atoms with E-state index >= 15 is 0 Å². The summed E-state index contributed by atoms with van der Waals surface area (Å²) in [4.78, 5) is 35.0. The van der Waals surface area contributed by atoms with Crippen molar-refractivity contribution in [3.8, 4) is 0 Å². The summed E-state index contributed by atoms with van der Waals surface area (Å²) in [7, 11) is 0. The Balaban J connectivity index is 4.79. The van der Waals surface area contributed by atoms with Crippen LogP contribution < -0.4 is 0 Å². The van der Waals surface area contributed by atoms with E-state index in [2.05, 4.69) is 13.8 Å². The molecule has 0 aliphatic carbocycles. The Morgan fingerprint density at radius 3 is 1.34 bits per heavy atom. The molecule has 1 atom stereocenters. The number of carbonyl (C=O) groups is 3. The van der Waals surface area contributed by atoms with Gasteiger partial charge in [-0.25, -0.2) is 4.79 Å². The van der Waals surface area contributed by atoms with E-state index in [0.717, 1.165) is 38.5 Å². The number of unbranched alkanes of at least 4 members (excludes halogenated alkanes) is 14. The topological polar surface area (TPSA) is 121 Å². The van der Waals surface area contributed by atoms with Crippen LogP contribution in [0.15, 0.2) is 0 Å².